The molecule has 0 spiro atoms. The number of amides is 1. The molecule has 2 N–H and O–H groups in total. The van der Waals surface area contributed by atoms with Crippen molar-refractivity contribution in [3.05, 3.63) is 63.7 Å². The maximum absolute atomic E-state index is 12.4. The molecule has 8 nitrogen and oxygen atoms in total. The second-order valence-electron chi connectivity index (χ2n) is 5.54. The van der Waals surface area contributed by atoms with Gasteiger partial charge in [0.2, 0.25) is 0 Å². The first-order chi connectivity index (χ1) is 12.4. The molecule has 0 saturated heterocycles. The third-order valence-corrected chi connectivity index (χ3v) is 3.71. The van der Waals surface area contributed by atoms with Crippen LogP contribution in [0.4, 0.5) is 11.4 Å². The average Bonchev–Trinajstić information content (AvgIpc) is 2.62. The number of aryl methyl sites for hydroxylation is 1. The number of non-ortho nitro benzene ring substituents is 1. The van der Waals surface area contributed by atoms with Crippen molar-refractivity contribution in [1.29, 1.82) is 0 Å². The highest BCUT2D eigenvalue weighted by Crippen LogP contribution is 2.25. The van der Waals surface area contributed by atoms with Gasteiger partial charge in [-0.25, -0.2) is 0 Å². The lowest BCUT2D eigenvalue weighted by Gasteiger charge is -2.10. The number of ether oxygens (including phenoxy) is 1. The summed E-state index contributed by atoms with van der Waals surface area (Å²) in [4.78, 5) is 33.1. The van der Waals surface area contributed by atoms with E-state index in [9.17, 15) is 19.7 Å². The van der Waals surface area contributed by atoms with Crippen LogP contribution in [0.15, 0.2) is 42.5 Å². The minimum absolute atomic E-state index is 0.110. The second kappa shape index (κ2) is 8.61. The molecule has 0 aliphatic heterocycles. The summed E-state index contributed by atoms with van der Waals surface area (Å²) >= 11 is 0. The summed E-state index contributed by atoms with van der Waals surface area (Å²) in [5.41, 5.74) is 1.54. The van der Waals surface area contributed by atoms with E-state index in [1.807, 2.05) is 12.1 Å². The molecule has 2 aromatic rings. The molecule has 2 aromatic carbocycles. The number of carboxylic acid groups (broad SMARTS) is 1. The minimum Gasteiger partial charge on any atom is -0.496 e. The Kier molecular flexibility index (Phi) is 6.26. The van der Waals surface area contributed by atoms with Crippen molar-refractivity contribution in [2.45, 2.75) is 19.3 Å². The number of hydrogen-bond acceptors (Lipinski definition) is 5. The Hall–Kier alpha value is -3.42. The first-order valence-electron chi connectivity index (χ1n) is 7.85. The number of methoxy groups -OCH3 is 1. The smallest absolute Gasteiger partial charge is 0.303 e. The first kappa shape index (κ1) is 18.9. The highest BCUT2D eigenvalue weighted by molar-refractivity contribution is 6.06. The number of hydrogen-bond donors (Lipinski definition) is 2. The molecule has 1 amide bonds. The van der Waals surface area contributed by atoms with Crippen molar-refractivity contribution in [2.24, 2.45) is 0 Å². The molecule has 2 rings (SSSR count). The highest BCUT2D eigenvalue weighted by Gasteiger charge is 2.17. The molecule has 0 aliphatic rings. The van der Waals surface area contributed by atoms with Crippen molar-refractivity contribution in [3.63, 3.8) is 0 Å². The minimum atomic E-state index is -0.828. The van der Waals surface area contributed by atoms with Gasteiger partial charge in [-0.05, 0) is 36.6 Å². The number of rotatable bonds is 8. The summed E-state index contributed by atoms with van der Waals surface area (Å²) in [7, 11) is 1.34. The largest absolute Gasteiger partial charge is 0.496 e. The number of nitrogens with zero attached hydrogens (tertiary/aromatic N) is 1. The normalized spacial score (nSPS) is 10.2. The molecule has 136 valence electrons. The Morgan fingerprint density at radius 2 is 1.88 bits per heavy atom. The van der Waals surface area contributed by atoms with Gasteiger partial charge in [-0.2, -0.15) is 0 Å². The van der Waals surface area contributed by atoms with Gasteiger partial charge in [0.05, 0.1) is 23.7 Å². The van der Waals surface area contributed by atoms with Gasteiger partial charge >= 0.3 is 5.97 Å². The Balaban J connectivity index is 2.05. The predicted molar refractivity (Wildman–Crippen MR) is 94.6 cm³/mol. The number of carboxylic acids is 1. The van der Waals surface area contributed by atoms with Gasteiger partial charge in [0, 0.05) is 18.2 Å². The van der Waals surface area contributed by atoms with Gasteiger partial charge in [0.25, 0.3) is 11.6 Å². The Bertz CT molecular complexity index is 817. The van der Waals surface area contributed by atoms with Crippen molar-refractivity contribution in [2.75, 3.05) is 12.4 Å². The standard InChI is InChI=1S/C18H18N2O6/c1-26-16-11-14(20(24)25)9-10-15(16)18(23)19-13-7-5-12(6-8-13)3-2-4-17(21)22/h5-11H,2-4H2,1H3,(H,19,23)(H,21,22). The van der Waals surface area contributed by atoms with E-state index >= 15 is 0 Å². The number of anilines is 1. The number of carbonyl (C=O) groups excluding carboxylic acids is 1. The summed E-state index contributed by atoms with van der Waals surface area (Å²) in [6.45, 7) is 0. The van der Waals surface area contributed by atoms with E-state index in [-0.39, 0.29) is 23.4 Å². The molecular weight excluding hydrogens is 340 g/mol. The third-order valence-electron chi connectivity index (χ3n) is 3.71. The van der Waals surface area contributed by atoms with Gasteiger partial charge in [-0.15, -0.1) is 0 Å². The maximum Gasteiger partial charge on any atom is 0.303 e. The SMILES string of the molecule is COc1cc([N+](=O)[O-])ccc1C(=O)Nc1ccc(CCCC(=O)O)cc1. The predicted octanol–water partition coefficient (Wildman–Crippen LogP) is 3.26. The Labute approximate surface area is 149 Å². The molecule has 0 unspecified atom stereocenters. The van der Waals surface area contributed by atoms with Crippen molar-refractivity contribution >= 4 is 23.3 Å². The fraction of sp³-hybridized carbons (Fsp3) is 0.222. The van der Waals surface area contributed by atoms with Crippen LogP contribution in [0.1, 0.15) is 28.8 Å². The molecule has 0 radical (unpaired) electrons. The molecular formula is C18H18N2O6. The van der Waals surface area contributed by atoms with Crippen LogP contribution in [0.5, 0.6) is 5.75 Å². The summed E-state index contributed by atoms with van der Waals surface area (Å²) in [5, 5.41) is 22.1. The molecule has 0 atom stereocenters. The number of aliphatic carboxylic acids is 1. The van der Waals surface area contributed by atoms with Crippen molar-refractivity contribution in [3.8, 4) is 5.75 Å². The Morgan fingerprint density at radius 1 is 1.19 bits per heavy atom. The van der Waals surface area contributed by atoms with E-state index in [0.29, 0.717) is 18.5 Å². The zero-order valence-electron chi connectivity index (χ0n) is 14.1. The lowest BCUT2D eigenvalue weighted by molar-refractivity contribution is -0.384. The summed E-state index contributed by atoms with van der Waals surface area (Å²) in [5.74, 6) is -1.16. The lowest BCUT2D eigenvalue weighted by Crippen LogP contribution is -2.13. The maximum atomic E-state index is 12.4. The van der Waals surface area contributed by atoms with Crippen LogP contribution in [0.25, 0.3) is 0 Å². The monoisotopic (exact) mass is 358 g/mol. The summed E-state index contributed by atoms with van der Waals surface area (Å²) in [6.07, 6.45) is 1.29. The van der Waals surface area contributed by atoms with E-state index < -0.39 is 16.8 Å². The van der Waals surface area contributed by atoms with Crippen LogP contribution in [-0.4, -0.2) is 29.0 Å². The number of nitro benzene ring substituents is 1. The summed E-state index contributed by atoms with van der Waals surface area (Å²) in [6, 6.07) is 10.8. The second-order valence-corrected chi connectivity index (χ2v) is 5.54. The summed E-state index contributed by atoms with van der Waals surface area (Å²) < 4.78 is 5.06. The molecule has 0 saturated carbocycles. The Morgan fingerprint density at radius 3 is 2.46 bits per heavy atom. The van der Waals surface area contributed by atoms with E-state index in [1.54, 1.807) is 12.1 Å². The van der Waals surface area contributed by atoms with Crippen LogP contribution in [0.3, 0.4) is 0 Å². The van der Waals surface area contributed by atoms with E-state index in [2.05, 4.69) is 5.32 Å². The number of nitro groups is 1. The molecule has 0 bridgehead atoms. The fourth-order valence-electron chi connectivity index (χ4n) is 2.38. The molecule has 0 aliphatic carbocycles. The van der Waals surface area contributed by atoms with Crippen LogP contribution in [0, 0.1) is 10.1 Å². The van der Waals surface area contributed by atoms with Crippen molar-refractivity contribution in [1.82, 2.24) is 0 Å². The van der Waals surface area contributed by atoms with Gasteiger partial charge in [-0.1, -0.05) is 12.1 Å². The average molecular weight is 358 g/mol. The zero-order valence-corrected chi connectivity index (χ0v) is 14.1. The van der Waals surface area contributed by atoms with Crippen LogP contribution < -0.4 is 10.1 Å². The topological polar surface area (TPSA) is 119 Å². The van der Waals surface area contributed by atoms with Crippen LogP contribution in [-0.2, 0) is 11.2 Å². The van der Waals surface area contributed by atoms with Gasteiger partial charge < -0.3 is 15.2 Å². The molecule has 8 heteroatoms. The third kappa shape index (κ3) is 5.04. The molecule has 0 fully saturated rings. The first-order valence-corrected chi connectivity index (χ1v) is 7.85. The van der Waals surface area contributed by atoms with Crippen LogP contribution in [0.2, 0.25) is 0 Å². The molecule has 0 aromatic heterocycles. The van der Waals surface area contributed by atoms with E-state index in [4.69, 9.17) is 9.84 Å². The van der Waals surface area contributed by atoms with Gasteiger partial charge in [0.1, 0.15) is 5.75 Å². The molecule has 0 heterocycles. The van der Waals surface area contributed by atoms with E-state index in [0.717, 1.165) is 5.56 Å². The highest BCUT2D eigenvalue weighted by atomic mass is 16.6. The number of nitrogens with one attached hydrogen (secondary N) is 1. The fourth-order valence-corrected chi connectivity index (χ4v) is 2.38. The van der Waals surface area contributed by atoms with Gasteiger partial charge in [0.15, 0.2) is 0 Å². The zero-order chi connectivity index (χ0) is 19.1. The lowest BCUT2D eigenvalue weighted by atomic mass is 10.1. The van der Waals surface area contributed by atoms with Crippen molar-refractivity contribution < 1.29 is 24.4 Å². The van der Waals surface area contributed by atoms with Crippen LogP contribution >= 0.6 is 0 Å². The quantitative estimate of drug-likeness (QED) is 0.552. The number of carbonyl (C=O) groups is 2. The van der Waals surface area contributed by atoms with E-state index in [1.165, 1.54) is 25.3 Å². The number of benzene rings is 2. The molecule has 26 heavy (non-hydrogen) atoms. The van der Waals surface area contributed by atoms with Gasteiger partial charge in [-0.3, -0.25) is 19.7 Å².